The summed E-state index contributed by atoms with van der Waals surface area (Å²) in [5, 5.41) is 13.1. The molecule has 0 aliphatic heterocycles. The fourth-order valence-corrected chi connectivity index (χ4v) is 2.38. The van der Waals surface area contributed by atoms with Crippen LogP contribution in [-0.4, -0.2) is 47.3 Å². The maximum absolute atomic E-state index is 9.58. The standard InChI is InChI=1S/C14H32N2O/c1-8-12(4)16(7)13(5)9-14(6,10-17)15-11(2)3/h11-13,15,17H,8-10H2,1-7H3. The van der Waals surface area contributed by atoms with Gasteiger partial charge in [0.15, 0.2) is 0 Å². The molecule has 104 valence electrons. The minimum Gasteiger partial charge on any atom is -0.394 e. The van der Waals surface area contributed by atoms with E-state index in [1.165, 1.54) is 0 Å². The quantitative estimate of drug-likeness (QED) is 0.687. The van der Waals surface area contributed by atoms with Crippen LogP contribution in [0.25, 0.3) is 0 Å². The Morgan fingerprint density at radius 2 is 1.71 bits per heavy atom. The molecule has 0 aromatic carbocycles. The first-order valence-electron chi connectivity index (χ1n) is 6.86. The van der Waals surface area contributed by atoms with Crippen molar-refractivity contribution in [2.75, 3.05) is 13.7 Å². The van der Waals surface area contributed by atoms with Crippen LogP contribution in [0, 0.1) is 0 Å². The van der Waals surface area contributed by atoms with Gasteiger partial charge < -0.3 is 15.3 Å². The molecule has 0 aromatic rings. The second-order valence-corrected chi connectivity index (χ2v) is 5.99. The third-order valence-corrected chi connectivity index (χ3v) is 3.71. The number of rotatable bonds is 8. The van der Waals surface area contributed by atoms with Gasteiger partial charge in [0.1, 0.15) is 0 Å². The Kier molecular flexibility index (Phi) is 7.29. The molecule has 0 aliphatic rings. The fraction of sp³-hybridized carbons (Fsp3) is 1.00. The Balaban J connectivity index is 4.45. The molecule has 3 atom stereocenters. The van der Waals surface area contributed by atoms with Crippen molar-refractivity contribution >= 4 is 0 Å². The SMILES string of the molecule is CCC(C)N(C)C(C)CC(C)(CO)NC(C)C. The highest BCUT2D eigenvalue weighted by molar-refractivity contribution is 4.88. The summed E-state index contributed by atoms with van der Waals surface area (Å²) >= 11 is 0. The lowest BCUT2D eigenvalue weighted by Crippen LogP contribution is -2.53. The summed E-state index contributed by atoms with van der Waals surface area (Å²) in [5.41, 5.74) is -0.185. The van der Waals surface area contributed by atoms with E-state index in [-0.39, 0.29) is 12.1 Å². The number of hydrogen-bond acceptors (Lipinski definition) is 3. The van der Waals surface area contributed by atoms with Crippen LogP contribution < -0.4 is 5.32 Å². The first-order valence-corrected chi connectivity index (χ1v) is 6.86. The molecule has 0 spiro atoms. The molecule has 0 amide bonds. The first-order chi connectivity index (χ1) is 7.75. The Hall–Kier alpha value is -0.120. The highest BCUT2D eigenvalue weighted by atomic mass is 16.3. The maximum atomic E-state index is 9.58. The second kappa shape index (κ2) is 7.34. The monoisotopic (exact) mass is 244 g/mol. The molecule has 3 heteroatoms. The van der Waals surface area contributed by atoms with E-state index >= 15 is 0 Å². The van der Waals surface area contributed by atoms with Gasteiger partial charge in [-0.2, -0.15) is 0 Å². The zero-order valence-electron chi connectivity index (χ0n) is 12.7. The predicted octanol–water partition coefficient (Wildman–Crippen LogP) is 2.24. The van der Waals surface area contributed by atoms with Crippen molar-refractivity contribution < 1.29 is 5.11 Å². The van der Waals surface area contributed by atoms with Crippen molar-refractivity contribution in [2.24, 2.45) is 0 Å². The van der Waals surface area contributed by atoms with Gasteiger partial charge >= 0.3 is 0 Å². The van der Waals surface area contributed by atoms with Crippen molar-refractivity contribution in [2.45, 2.75) is 78.0 Å². The fourth-order valence-electron chi connectivity index (χ4n) is 2.38. The minimum absolute atomic E-state index is 0.184. The van der Waals surface area contributed by atoms with Crippen molar-refractivity contribution in [1.82, 2.24) is 10.2 Å². The molecule has 0 fully saturated rings. The average Bonchev–Trinajstić information content (AvgIpc) is 2.25. The van der Waals surface area contributed by atoms with E-state index in [4.69, 9.17) is 0 Å². The number of nitrogens with zero attached hydrogens (tertiary/aromatic N) is 1. The smallest absolute Gasteiger partial charge is 0.0611 e. The van der Waals surface area contributed by atoms with Crippen LogP contribution in [-0.2, 0) is 0 Å². The van der Waals surface area contributed by atoms with Gasteiger partial charge in [-0.15, -0.1) is 0 Å². The molecule has 0 bridgehead atoms. The molecule has 17 heavy (non-hydrogen) atoms. The molecule has 0 aliphatic carbocycles. The van der Waals surface area contributed by atoms with Gasteiger partial charge in [0.2, 0.25) is 0 Å². The van der Waals surface area contributed by atoms with E-state index in [9.17, 15) is 5.11 Å². The summed E-state index contributed by atoms with van der Waals surface area (Å²) in [6, 6.07) is 1.45. The molecule has 0 saturated heterocycles. The van der Waals surface area contributed by atoms with Crippen LogP contribution in [0.15, 0.2) is 0 Å². The predicted molar refractivity (Wildman–Crippen MR) is 75.4 cm³/mol. The minimum atomic E-state index is -0.185. The first kappa shape index (κ1) is 16.9. The van der Waals surface area contributed by atoms with Crippen LogP contribution in [0.5, 0.6) is 0 Å². The Bertz CT molecular complexity index is 208. The number of hydrogen-bond donors (Lipinski definition) is 2. The molecule has 0 heterocycles. The topological polar surface area (TPSA) is 35.5 Å². The second-order valence-electron chi connectivity index (χ2n) is 5.99. The van der Waals surface area contributed by atoms with Gasteiger partial charge in [-0.25, -0.2) is 0 Å². The van der Waals surface area contributed by atoms with E-state index in [2.05, 4.69) is 58.8 Å². The lowest BCUT2D eigenvalue weighted by Gasteiger charge is -2.38. The van der Waals surface area contributed by atoms with Crippen molar-refractivity contribution in [3.05, 3.63) is 0 Å². The van der Waals surface area contributed by atoms with E-state index in [1.807, 2.05) is 0 Å². The van der Waals surface area contributed by atoms with Crippen molar-refractivity contribution in [1.29, 1.82) is 0 Å². The molecular weight excluding hydrogens is 212 g/mol. The molecule has 3 nitrogen and oxygen atoms in total. The summed E-state index contributed by atoms with van der Waals surface area (Å²) in [5.74, 6) is 0. The maximum Gasteiger partial charge on any atom is 0.0611 e. The highest BCUT2D eigenvalue weighted by Gasteiger charge is 2.28. The third kappa shape index (κ3) is 5.84. The lowest BCUT2D eigenvalue weighted by molar-refractivity contribution is 0.103. The summed E-state index contributed by atoms with van der Waals surface area (Å²) in [4.78, 5) is 2.40. The zero-order chi connectivity index (χ0) is 13.6. The number of nitrogens with one attached hydrogen (secondary N) is 1. The lowest BCUT2D eigenvalue weighted by atomic mass is 9.92. The average molecular weight is 244 g/mol. The number of aliphatic hydroxyl groups is 1. The van der Waals surface area contributed by atoms with Crippen LogP contribution in [0.3, 0.4) is 0 Å². The molecule has 0 saturated carbocycles. The Labute approximate surface area is 108 Å². The summed E-state index contributed by atoms with van der Waals surface area (Å²) < 4.78 is 0. The normalized spacial score (nSPS) is 19.4. The molecule has 2 N–H and O–H groups in total. The highest BCUT2D eigenvalue weighted by Crippen LogP contribution is 2.18. The molecule has 0 aromatic heterocycles. The summed E-state index contributed by atoms with van der Waals surface area (Å²) in [6.45, 7) is 13.2. The zero-order valence-corrected chi connectivity index (χ0v) is 12.7. The van der Waals surface area contributed by atoms with E-state index in [1.54, 1.807) is 0 Å². The van der Waals surface area contributed by atoms with E-state index in [0.717, 1.165) is 12.8 Å². The van der Waals surface area contributed by atoms with Crippen molar-refractivity contribution in [3.63, 3.8) is 0 Å². The Morgan fingerprint density at radius 1 is 1.18 bits per heavy atom. The van der Waals surface area contributed by atoms with Gasteiger partial charge in [0.25, 0.3) is 0 Å². The van der Waals surface area contributed by atoms with E-state index < -0.39 is 0 Å². The van der Waals surface area contributed by atoms with Crippen molar-refractivity contribution in [3.8, 4) is 0 Å². The van der Waals surface area contributed by atoms with Gasteiger partial charge in [0, 0.05) is 23.7 Å². The molecule has 3 unspecified atom stereocenters. The molecular formula is C14H32N2O. The van der Waals surface area contributed by atoms with Crippen LogP contribution in [0.1, 0.15) is 54.4 Å². The van der Waals surface area contributed by atoms with Crippen LogP contribution >= 0.6 is 0 Å². The van der Waals surface area contributed by atoms with Crippen LogP contribution in [0.4, 0.5) is 0 Å². The van der Waals surface area contributed by atoms with Gasteiger partial charge in [-0.1, -0.05) is 20.8 Å². The van der Waals surface area contributed by atoms with Gasteiger partial charge in [0.05, 0.1) is 6.61 Å². The van der Waals surface area contributed by atoms with Gasteiger partial charge in [-0.05, 0) is 40.7 Å². The molecule has 0 rings (SSSR count). The van der Waals surface area contributed by atoms with Crippen LogP contribution in [0.2, 0.25) is 0 Å². The van der Waals surface area contributed by atoms with Gasteiger partial charge in [-0.3, -0.25) is 0 Å². The largest absolute Gasteiger partial charge is 0.394 e. The third-order valence-electron chi connectivity index (χ3n) is 3.71. The van der Waals surface area contributed by atoms with E-state index in [0.29, 0.717) is 18.1 Å². The Morgan fingerprint density at radius 3 is 2.06 bits per heavy atom. The summed E-state index contributed by atoms with van der Waals surface area (Å²) in [6.07, 6.45) is 2.12. The summed E-state index contributed by atoms with van der Waals surface area (Å²) in [7, 11) is 2.17. The molecule has 0 radical (unpaired) electrons. The number of aliphatic hydroxyl groups excluding tert-OH is 1.